The van der Waals surface area contributed by atoms with E-state index in [0.717, 1.165) is 24.0 Å². The van der Waals surface area contributed by atoms with Crippen molar-refractivity contribution in [1.29, 1.82) is 0 Å². The van der Waals surface area contributed by atoms with Crippen molar-refractivity contribution in [3.05, 3.63) is 28.2 Å². The van der Waals surface area contributed by atoms with Crippen LogP contribution in [0.5, 0.6) is 5.75 Å². The molecule has 1 amide bonds. The van der Waals surface area contributed by atoms with Gasteiger partial charge >= 0.3 is 0 Å². The summed E-state index contributed by atoms with van der Waals surface area (Å²) in [6.07, 6.45) is 3.52. The van der Waals surface area contributed by atoms with Gasteiger partial charge in [-0.3, -0.25) is 4.79 Å². The predicted octanol–water partition coefficient (Wildman–Crippen LogP) is 3.72. The van der Waals surface area contributed by atoms with E-state index in [1.165, 1.54) is 12.8 Å². The number of ether oxygens (including phenoxy) is 1. The lowest BCUT2D eigenvalue weighted by atomic mass is 10.0. The van der Waals surface area contributed by atoms with Crippen LogP contribution in [0.15, 0.2) is 22.7 Å². The number of halogens is 1. The second-order valence-electron chi connectivity index (χ2n) is 5.04. The number of likely N-dealkylation sites (tertiary alicyclic amines) is 1. The highest BCUT2D eigenvalue weighted by Crippen LogP contribution is 2.28. The molecule has 0 saturated carbocycles. The summed E-state index contributed by atoms with van der Waals surface area (Å²) >= 11 is 3.39. The lowest BCUT2D eigenvalue weighted by molar-refractivity contribution is 0.0783. The van der Waals surface area contributed by atoms with Crippen LogP contribution in [-0.4, -0.2) is 31.0 Å². The molecule has 0 N–H and O–H groups in total. The van der Waals surface area contributed by atoms with Gasteiger partial charge in [0.2, 0.25) is 0 Å². The minimum atomic E-state index is 0.0861. The molecule has 19 heavy (non-hydrogen) atoms. The van der Waals surface area contributed by atoms with Gasteiger partial charge in [-0.25, -0.2) is 0 Å². The zero-order valence-corrected chi connectivity index (χ0v) is 13.1. The van der Waals surface area contributed by atoms with Crippen LogP contribution >= 0.6 is 15.9 Å². The first-order valence-electron chi connectivity index (χ1n) is 6.78. The molecule has 104 valence electrons. The molecule has 4 heteroatoms. The average molecular weight is 326 g/mol. The monoisotopic (exact) mass is 325 g/mol. The van der Waals surface area contributed by atoms with Gasteiger partial charge in [0.25, 0.3) is 5.91 Å². The van der Waals surface area contributed by atoms with Crippen LogP contribution in [0.3, 0.4) is 0 Å². The summed E-state index contributed by atoms with van der Waals surface area (Å²) in [6, 6.07) is 5.56. The van der Waals surface area contributed by atoms with E-state index in [1.807, 2.05) is 23.1 Å². The fraction of sp³-hybridized carbons (Fsp3) is 0.533. The molecule has 0 aromatic heterocycles. The van der Waals surface area contributed by atoms with Crippen molar-refractivity contribution in [3.8, 4) is 5.75 Å². The van der Waals surface area contributed by atoms with Crippen LogP contribution in [0, 0.1) is 5.92 Å². The van der Waals surface area contributed by atoms with Crippen LogP contribution in [-0.2, 0) is 0 Å². The molecule has 3 nitrogen and oxygen atoms in total. The Kier molecular flexibility index (Phi) is 4.86. The van der Waals surface area contributed by atoms with Crippen molar-refractivity contribution in [2.45, 2.75) is 26.2 Å². The van der Waals surface area contributed by atoms with Crippen LogP contribution in [0.2, 0.25) is 0 Å². The summed E-state index contributed by atoms with van der Waals surface area (Å²) < 4.78 is 6.23. The molecule has 1 atom stereocenters. The molecule has 1 aliphatic rings. The highest BCUT2D eigenvalue weighted by atomic mass is 79.9. The summed E-state index contributed by atoms with van der Waals surface area (Å²) in [6.45, 7) is 3.94. The standard InChI is InChI=1S/C15H20BrNO2/c1-3-4-11-7-8-17(10-11)15(18)13-6-5-12(16)9-14(13)19-2/h5-6,9,11H,3-4,7-8,10H2,1-2H3. The number of methoxy groups -OCH3 is 1. The summed E-state index contributed by atoms with van der Waals surface area (Å²) in [5.74, 6) is 1.39. The lowest BCUT2D eigenvalue weighted by Gasteiger charge is -2.18. The van der Waals surface area contributed by atoms with Crippen LogP contribution in [0.1, 0.15) is 36.5 Å². The van der Waals surface area contributed by atoms with Crippen molar-refractivity contribution in [1.82, 2.24) is 4.90 Å². The van der Waals surface area contributed by atoms with Crippen molar-refractivity contribution in [3.63, 3.8) is 0 Å². The minimum absolute atomic E-state index is 0.0861. The Balaban J connectivity index is 2.12. The Bertz CT molecular complexity index is 461. The number of benzene rings is 1. The van der Waals surface area contributed by atoms with E-state index in [2.05, 4.69) is 22.9 Å². The van der Waals surface area contributed by atoms with Gasteiger partial charge in [-0.15, -0.1) is 0 Å². The van der Waals surface area contributed by atoms with Gasteiger partial charge in [0.05, 0.1) is 12.7 Å². The second kappa shape index (κ2) is 6.42. The Morgan fingerprint density at radius 2 is 2.32 bits per heavy atom. The fourth-order valence-corrected chi connectivity index (χ4v) is 3.01. The minimum Gasteiger partial charge on any atom is -0.496 e. The molecule has 1 saturated heterocycles. The highest BCUT2D eigenvalue weighted by molar-refractivity contribution is 9.10. The van der Waals surface area contributed by atoms with E-state index in [9.17, 15) is 4.79 Å². The number of hydrogen-bond donors (Lipinski definition) is 0. The molecule has 0 radical (unpaired) electrons. The van der Waals surface area contributed by atoms with Gasteiger partial charge in [0, 0.05) is 17.6 Å². The molecule has 1 unspecified atom stereocenters. The Morgan fingerprint density at radius 1 is 1.53 bits per heavy atom. The van der Waals surface area contributed by atoms with Gasteiger partial charge in [0.1, 0.15) is 5.75 Å². The lowest BCUT2D eigenvalue weighted by Crippen LogP contribution is -2.29. The average Bonchev–Trinajstić information content (AvgIpc) is 2.87. The van der Waals surface area contributed by atoms with Crippen molar-refractivity contribution < 1.29 is 9.53 Å². The second-order valence-corrected chi connectivity index (χ2v) is 5.95. The SMILES string of the molecule is CCCC1CCN(C(=O)c2ccc(Br)cc2OC)C1. The van der Waals surface area contributed by atoms with Crippen molar-refractivity contribution in [2.24, 2.45) is 5.92 Å². The van der Waals surface area contributed by atoms with Gasteiger partial charge < -0.3 is 9.64 Å². The highest BCUT2D eigenvalue weighted by Gasteiger charge is 2.27. The maximum atomic E-state index is 12.5. The third-order valence-electron chi connectivity index (χ3n) is 3.66. The van der Waals surface area contributed by atoms with Gasteiger partial charge in [0.15, 0.2) is 0 Å². The smallest absolute Gasteiger partial charge is 0.257 e. The summed E-state index contributed by atoms with van der Waals surface area (Å²) in [7, 11) is 1.60. The van der Waals surface area contributed by atoms with E-state index in [-0.39, 0.29) is 5.91 Å². The Hall–Kier alpha value is -1.03. The molecule has 1 aliphatic heterocycles. The predicted molar refractivity (Wildman–Crippen MR) is 79.6 cm³/mol. The summed E-state index contributed by atoms with van der Waals surface area (Å²) in [4.78, 5) is 14.5. The maximum absolute atomic E-state index is 12.5. The van der Waals surface area contributed by atoms with E-state index in [4.69, 9.17) is 4.74 Å². The van der Waals surface area contributed by atoms with Crippen LogP contribution < -0.4 is 4.74 Å². The van der Waals surface area contributed by atoms with Crippen LogP contribution in [0.25, 0.3) is 0 Å². The topological polar surface area (TPSA) is 29.5 Å². The third kappa shape index (κ3) is 3.30. The Labute approximate surface area is 123 Å². The molecule has 1 fully saturated rings. The van der Waals surface area contributed by atoms with Gasteiger partial charge in [-0.2, -0.15) is 0 Å². The first-order valence-corrected chi connectivity index (χ1v) is 7.57. The number of carbonyl (C=O) groups is 1. The quantitative estimate of drug-likeness (QED) is 0.844. The number of nitrogens with zero attached hydrogens (tertiary/aromatic N) is 1. The maximum Gasteiger partial charge on any atom is 0.257 e. The molecular formula is C15H20BrNO2. The fourth-order valence-electron chi connectivity index (χ4n) is 2.67. The number of carbonyl (C=O) groups excluding carboxylic acids is 1. The van der Waals surface area contributed by atoms with Crippen LogP contribution in [0.4, 0.5) is 0 Å². The van der Waals surface area contributed by atoms with Crippen molar-refractivity contribution >= 4 is 21.8 Å². The van der Waals surface area contributed by atoms with Crippen molar-refractivity contribution in [2.75, 3.05) is 20.2 Å². The van der Waals surface area contributed by atoms with E-state index in [1.54, 1.807) is 7.11 Å². The zero-order chi connectivity index (χ0) is 13.8. The van der Waals surface area contributed by atoms with Gasteiger partial charge in [-0.1, -0.05) is 29.3 Å². The molecular weight excluding hydrogens is 306 g/mol. The summed E-state index contributed by atoms with van der Waals surface area (Å²) in [5.41, 5.74) is 0.655. The van der Waals surface area contributed by atoms with Gasteiger partial charge in [-0.05, 0) is 37.0 Å². The molecule has 1 heterocycles. The molecule has 0 spiro atoms. The number of hydrogen-bond acceptors (Lipinski definition) is 2. The zero-order valence-electron chi connectivity index (χ0n) is 11.5. The van der Waals surface area contributed by atoms with E-state index in [0.29, 0.717) is 17.2 Å². The number of rotatable bonds is 4. The molecule has 0 aliphatic carbocycles. The molecule has 2 rings (SSSR count). The first kappa shape index (κ1) is 14.4. The number of amides is 1. The van der Waals surface area contributed by atoms with E-state index < -0.39 is 0 Å². The largest absolute Gasteiger partial charge is 0.496 e. The summed E-state index contributed by atoms with van der Waals surface area (Å²) in [5, 5.41) is 0. The normalized spacial score (nSPS) is 18.7. The first-order chi connectivity index (χ1) is 9.15. The molecule has 1 aromatic carbocycles. The Morgan fingerprint density at radius 3 is 3.00 bits per heavy atom. The third-order valence-corrected chi connectivity index (χ3v) is 4.16. The molecule has 0 bridgehead atoms. The van der Waals surface area contributed by atoms with E-state index >= 15 is 0 Å². The molecule has 1 aromatic rings.